The third-order valence-electron chi connectivity index (χ3n) is 3.74. The van der Waals surface area contributed by atoms with Crippen LogP contribution in [0.25, 0.3) is 4.96 Å². The second kappa shape index (κ2) is 7.86. The highest BCUT2D eigenvalue weighted by Crippen LogP contribution is 2.36. The van der Waals surface area contributed by atoms with Crippen LogP contribution in [0.1, 0.15) is 0 Å². The van der Waals surface area contributed by atoms with Crippen LogP contribution in [0.4, 0.5) is 11.4 Å². The van der Waals surface area contributed by atoms with Crippen LogP contribution in [-0.4, -0.2) is 26.2 Å². The molecule has 0 saturated carbocycles. The van der Waals surface area contributed by atoms with E-state index in [-0.39, 0.29) is 35.8 Å². The summed E-state index contributed by atoms with van der Waals surface area (Å²) in [6, 6.07) is 5.40. The van der Waals surface area contributed by atoms with E-state index in [1.807, 2.05) is 0 Å². The lowest BCUT2D eigenvalue weighted by atomic mass is 10.3. The molecule has 0 atom stereocenters. The fourth-order valence-electron chi connectivity index (χ4n) is 2.50. The molecule has 0 radical (unpaired) electrons. The molecule has 4 rings (SSSR count). The Hall–Kier alpha value is -1.54. The number of thiazole rings is 1. The molecule has 3 heterocycles. The van der Waals surface area contributed by atoms with Gasteiger partial charge in [-0.3, -0.25) is 13.8 Å². The van der Waals surface area contributed by atoms with Crippen molar-refractivity contribution in [3.63, 3.8) is 0 Å². The number of benzene rings is 1. The van der Waals surface area contributed by atoms with Crippen LogP contribution in [0.5, 0.6) is 0 Å². The minimum absolute atomic E-state index is 0.0218. The largest absolute Gasteiger partial charge is 0.281 e. The molecule has 2 N–H and O–H groups in total. The van der Waals surface area contributed by atoms with Crippen LogP contribution in [0.3, 0.4) is 0 Å². The number of halogens is 3. The number of fused-ring (bicyclic) bond motifs is 1. The van der Waals surface area contributed by atoms with Crippen LogP contribution >= 0.6 is 57.5 Å². The Bertz CT molecular complexity index is 1460. The van der Waals surface area contributed by atoms with Gasteiger partial charge < -0.3 is 0 Å². The molecule has 0 unspecified atom stereocenters. The van der Waals surface area contributed by atoms with Crippen LogP contribution < -0.4 is 9.44 Å². The molecule has 0 fully saturated rings. The second-order valence-corrected chi connectivity index (χ2v) is 12.2. The maximum absolute atomic E-state index is 13.0. The van der Waals surface area contributed by atoms with E-state index >= 15 is 0 Å². The fourth-order valence-corrected chi connectivity index (χ4v) is 7.42. The Morgan fingerprint density at radius 2 is 1.53 bits per heavy atom. The number of aromatic nitrogens is 2. The molecule has 30 heavy (non-hydrogen) atoms. The molecule has 0 spiro atoms. The Morgan fingerprint density at radius 3 is 2.13 bits per heavy atom. The average molecular weight is 544 g/mol. The van der Waals surface area contributed by atoms with Crippen LogP contribution in [0, 0.1) is 0 Å². The van der Waals surface area contributed by atoms with Crippen molar-refractivity contribution in [3.05, 3.63) is 56.4 Å². The van der Waals surface area contributed by atoms with Gasteiger partial charge in [0.15, 0.2) is 15.1 Å². The first-order valence-corrected chi connectivity index (χ1v) is 13.6. The Morgan fingerprint density at radius 1 is 0.900 bits per heavy atom. The number of anilines is 2. The van der Waals surface area contributed by atoms with Gasteiger partial charge in [-0.1, -0.05) is 40.9 Å². The highest BCUT2D eigenvalue weighted by atomic mass is 35.5. The Balaban J connectivity index is 1.78. The van der Waals surface area contributed by atoms with E-state index < -0.39 is 20.0 Å². The van der Waals surface area contributed by atoms with Crippen LogP contribution in [0.2, 0.25) is 15.2 Å². The van der Waals surface area contributed by atoms with Gasteiger partial charge in [-0.15, -0.1) is 22.7 Å². The molecule has 0 bridgehead atoms. The van der Waals surface area contributed by atoms with Gasteiger partial charge in [0.05, 0.1) is 21.4 Å². The van der Waals surface area contributed by atoms with Gasteiger partial charge in [0.1, 0.15) is 4.21 Å². The van der Waals surface area contributed by atoms with E-state index in [1.54, 1.807) is 16.8 Å². The molecule has 8 nitrogen and oxygen atoms in total. The van der Waals surface area contributed by atoms with Crippen molar-refractivity contribution in [2.45, 2.75) is 9.24 Å². The highest BCUT2D eigenvalue weighted by Gasteiger charge is 2.27. The zero-order valence-electron chi connectivity index (χ0n) is 14.3. The Kier molecular flexibility index (Phi) is 5.68. The van der Waals surface area contributed by atoms with Crippen molar-refractivity contribution in [2.24, 2.45) is 0 Å². The van der Waals surface area contributed by atoms with E-state index in [0.29, 0.717) is 4.96 Å². The lowest BCUT2D eigenvalue weighted by Crippen LogP contribution is -2.18. The lowest BCUT2D eigenvalue weighted by Gasteiger charge is -2.15. The standard InChI is InChI=1S/C15H9Cl3N4O4S4/c16-8-6-10(20-29(23,24)12-2-1-4-27-12)11(7-9(8)17)21-30(25,26)14-13(18)19-15-22(14)3-5-28-15/h1-7,20-21H. The summed E-state index contributed by atoms with van der Waals surface area (Å²) in [5, 5.41) is 2.78. The van der Waals surface area contributed by atoms with Crippen LogP contribution in [0.15, 0.2) is 50.5 Å². The summed E-state index contributed by atoms with van der Waals surface area (Å²) >= 11 is 20.3. The number of rotatable bonds is 6. The maximum atomic E-state index is 13.0. The number of thiophene rings is 1. The smallest absolute Gasteiger partial charge is 0.278 e. The molecule has 0 aliphatic rings. The molecule has 0 aliphatic carbocycles. The van der Waals surface area contributed by atoms with Crippen molar-refractivity contribution >= 4 is 93.9 Å². The van der Waals surface area contributed by atoms with Gasteiger partial charge in [-0.25, -0.2) is 13.4 Å². The summed E-state index contributed by atoms with van der Waals surface area (Å²) in [4.78, 5) is 4.38. The average Bonchev–Trinajstić information content (AvgIpc) is 3.35. The minimum atomic E-state index is -4.27. The molecule has 1 aromatic carbocycles. The van der Waals surface area contributed by atoms with Gasteiger partial charge in [0.2, 0.25) is 0 Å². The van der Waals surface area contributed by atoms with E-state index in [0.717, 1.165) is 11.3 Å². The van der Waals surface area contributed by atoms with Crippen molar-refractivity contribution in [3.8, 4) is 0 Å². The number of hydrogen-bond acceptors (Lipinski definition) is 7. The summed E-state index contributed by atoms with van der Waals surface area (Å²) in [6.45, 7) is 0. The quantitative estimate of drug-likeness (QED) is 0.355. The number of imidazole rings is 1. The zero-order valence-corrected chi connectivity index (χ0v) is 19.9. The predicted molar refractivity (Wildman–Crippen MR) is 120 cm³/mol. The summed E-state index contributed by atoms with van der Waals surface area (Å²) in [7, 11) is -8.24. The first-order chi connectivity index (χ1) is 14.1. The molecule has 15 heteroatoms. The third-order valence-corrected chi connectivity index (χ3v) is 9.75. The first-order valence-electron chi connectivity index (χ1n) is 7.78. The summed E-state index contributed by atoms with van der Waals surface area (Å²) in [5.41, 5.74) is -0.241. The molecular weight excluding hydrogens is 535 g/mol. The monoisotopic (exact) mass is 542 g/mol. The molecule has 3 aromatic heterocycles. The maximum Gasteiger partial charge on any atom is 0.281 e. The van der Waals surface area contributed by atoms with Gasteiger partial charge in [-0.05, 0) is 23.6 Å². The SMILES string of the molecule is O=S(=O)(Nc1cc(Cl)c(Cl)cc1NS(=O)(=O)c1c(Cl)nc2sccn12)c1cccs1. The zero-order chi connectivity index (χ0) is 21.7. The normalized spacial score (nSPS) is 12.4. The van der Waals surface area contributed by atoms with Crippen molar-refractivity contribution in [1.29, 1.82) is 0 Å². The first kappa shape index (κ1) is 21.7. The summed E-state index contributed by atoms with van der Waals surface area (Å²) in [5.74, 6) is 0. The highest BCUT2D eigenvalue weighted by molar-refractivity contribution is 7.94. The number of nitrogens with one attached hydrogen (secondary N) is 2. The molecule has 0 saturated heterocycles. The van der Waals surface area contributed by atoms with Gasteiger partial charge >= 0.3 is 0 Å². The van der Waals surface area contributed by atoms with Crippen molar-refractivity contribution in [2.75, 3.05) is 9.44 Å². The van der Waals surface area contributed by atoms with Gasteiger partial charge in [0, 0.05) is 11.6 Å². The lowest BCUT2D eigenvalue weighted by molar-refractivity contribution is 0.596. The van der Waals surface area contributed by atoms with Gasteiger partial charge in [-0.2, -0.15) is 8.42 Å². The fraction of sp³-hybridized carbons (Fsp3) is 0. The van der Waals surface area contributed by atoms with Crippen molar-refractivity contribution in [1.82, 2.24) is 9.38 Å². The minimum Gasteiger partial charge on any atom is -0.278 e. The van der Waals surface area contributed by atoms with Crippen molar-refractivity contribution < 1.29 is 16.8 Å². The summed E-state index contributed by atoms with van der Waals surface area (Å²) < 4.78 is 57.3. The molecular formula is C15H9Cl3N4O4S4. The predicted octanol–water partition coefficient (Wildman–Crippen LogP) is 5.02. The Labute approximate surface area is 194 Å². The molecule has 4 aromatic rings. The second-order valence-electron chi connectivity index (χ2n) is 5.72. The molecule has 0 amide bonds. The van der Waals surface area contributed by atoms with E-state index in [4.69, 9.17) is 34.8 Å². The van der Waals surface area contributed by atoms with E-state index in [2.05, 4.69) is 14.4 Å². The molecule has 0 aliphatic heterocycles. The van der Waals surface area contributed by atoms with E-state index in [1.165, 1.54) is 40.1 Å². The number of hydrogen-bond donors (Lipinski definition) is 2. The number of nitrogens with zero attached hydrogens (tertiary/aromatic N) is 2. The van der Waals surface area contributed by atoms with Crippen LogP contribution in [-0.2, 0) is 20.0 Å². The third kappa shape index (κ3) is 4.00. The van der Waals surface area contributed by atoms with Gasteiger partial charge in [0.25, 0.3) is 20.0 Å². The number of sulfonamides is 2. The molecule has 158 valence electrons. The summed E-state index contributed by atoms with van der Waals surface area (Å²) in [6.07, 6.45) is 1.50. The van der Waals surface area contributed by atoms with E-state index in [9.17, 15) is 16.8 Å². The topological polar surface area (TPSA) is 110 Å².